The summed E-state index contributed by atoms with van der Waals surface area (Å²) in [4.78, 5) is 22.6. The van der Waals surface area contributed by atoms with Gasteiger partial charge in [0.1, 0.15) is 0 Å². The van der Waals surface area contributed by atoms with Crippen LogP contribution in [0.25, 0.3) is 0 Å². The minimum atomic E-state index is -4.60. The van der Waals surface area contributed by atoms with Gasteiger partial charge in [-0.15, -0.1) is 0 Å². The summed E-state index contributed by atoms with van der Waals surface area (Å²) in [7, 11) is 0. The third-order valence-electron chi connectivity index (χ3n) is 5.56. The van der Waals surface area contributed by atoms with E-state index in [1.807, 2.05) is 0 Å². The molecule has 188 valence electrons. The van der Waals surface area contributed by atoms with Crippen molar-refractivity contribution in [1.29, 1.82) is 0 Å². The maximum atomic E-state index is 13.1. The number of carbonyl (C=O) groups is 1. The Morgan fingerprint density at radius 2 is 1.86 bits per heavy atom. The van der Waals surface area contributed by atoms with Crippen LogP contribution in [0.3, 0.4) is 0 Å². The first-order valence-corrected chi connectivity index (χ1v) is 10.9. The monoisotopic (exact) mass is 527 g/mol. The smallest absolute Gasteiger partial charge is 0.166 e. The standard InChI is InChI=1S/C22H17BClF6N5O/c24-20-33-16-4-5-35(19(36)15-2-1-3-17(23-15)22(28,29)30)10-14(16)18(34-20)32-9-11-6-12(21(25,26)27)8-13(31)7-11/h1-3,6-8H,4-5,9-10,31H2,(H,32,33,34). The van der Waals surface area contributed by atoms with E-state index in [1.54, 1.807) is 0 Å². The molecule has 6 nitrogen and oxygen atoms in total. The molecular weight excluding hydrogens is 511 g/mol. The number of anilines is 2. The molecule has 0 saturated heterocycles. The van der Waals surface area contributed by atoms with Gasteiger partial charge >= 0.3 is 193 Å². The Balaban J connectivity index is 1.57. The number of amides is 1. The average Bonchev–Trinajstić information content (AvgIpc) is 2.80. The summed E-state index contributed by atoms with van der Waals surface area (Å²) in [6.07, 6.45) is -8.92. The van der Waals surface area contributed by atoms with E-state index in [-0.39, 0.29) is 53.9 Å². The normalized spacial score (nSPS) is 13.8. The number of nitrogens with zero attached hydrogens (tertiary/aromatic N) is 3. The zero-order valence-corrected chi connectivity index (χ0v) is 19.1. The Hall–Kier alpha value is -3.35. The Bertz CT molecular complexity index is 1320. The minimum Gasteiger partial charge on any atom is -0.166 e. The molecule has 0 saturated carbocycles. The number of nitrogen functional groups attached to an aromatic ring is 1. The molecule has 0 radical (unpaired) electrons. The van der Waals surface area contributed by atoms with E-state index in [4.69, 9.17) is 17.3 Å². The number of halogens is 7. The number of rotatable bonds is 4. The fraction of sp³-hybridized carbons (Fsp3) is 0.273. The van der Waals surface area contributed by atoms with Gasteiger partial charge in [-0.2, -0.15) is 13.2 Å². The second kappa shape index (κ2) is 9.60. The Labute approximate surface area is 206 Å². The number of hydrogen-bond acceptors (Lipinski definition) is 5. The molecule has 1 aliphatic heterocycles. The first-order chi connectivity index (χ1) is 16.8. The maximum absolute atomic E-state index is 13.1. The second-order valence-corrected chi connectivity index (χ2v) is 8.47. The van der Waals surface area contributed by atoms with Gasteiger partial charge in [-0.3, -0.25) is 0 Å². The predicted molar refractivity (Wildman–Crippen MR) is 121 cm³/mol. The van der Waals surface area contributed by atoms with Gasteiger partial charge in [-0.1, -0.05) is 0 Å². The van der Waals surface area contributed by atoms with E-state index in [2.05, 4.69) is 15.3 Å². The molecular formula is C22H17BClF6N5O. The second-order valence-electron chi connectivity index (χ2n) is 8.14. The molecule has 0 unspecified atom stereocenters. The molecule has 0 spiro atoms. The van der Waals surface area contributed by atoms with Crippen molar-refractivity contribution in [3.63, 3.8) is 0 Å². The summed E-state index contributed by atoms with van der Waals surface area (Å²) < 4.78 is 78.6. The van der Waals surface area contributed by atoms with Gasteiger partial charge in [0.25, 0.3) is 0 Å². The third kappa shape index (κ3) is 5.72. The van der Waals surface area contributed by atoms with Crippen molar-refractivity contribution in [2.75, 3.05) is 17.6 Å². The SMILES string of the molecule is Nc1cc(CNc2nc(Cl)nc3c2CN(C(=O)c2bc(C(F)(F)F)ccc2)CC3)cc(C(F)(F)F)c1. The molecule has 1 aliphatic rings. The fourth-order valence-corrected chi connectivity index (χ4v) is 4.07. The van der Waals surface area contributed by atoms with E-state index in [0.717, 1.165) is 31.2 Å². The topological polar surface area (TPSA) is 84.1 Å². The van der Waals surface area contributed by atoms with Gasteiger partial charge in [0, 0.05) is 0 Å². The van der Waals surface area contributed by atoms with Crippen molar-refractivity contribution < 1.29 is 31.1 Å². The summed E-state index contributed by atoms with van der Waals surface area (Å²) >= 11 is 6.01. The predicted octanol–water partition coefficient (Wildman–Crippen LogP) is 4.90. The molecule has 3 N–H and O–H groups in total. The minimum absolute atomic E-state index is 0.0331. The van der Waals surface area contributed by atoms with E-state index < -0.39 is 29.3 Å². The molecule has 3 heterocycles. The van der Waals surface area contributed by atoms with Crippen LogP contribution >= 0.6 is 11.6 Å². The Kier molecular flexibility index (Phi) is 6.87. The van der Waals surface area contributed by atoms with Gasteiger partial charge < -0.3 is 0 Å². The van der Waals surface area contributed by atoms with Crippen molar-refractivity contribution in [2.45, 2.75) is 31.9 Å². The first-order valence-electron chi connectivity index (χ1n) is 10.5. The molecule has 0 bridgehead atoms. The number of hydrogen-bond donors (Lipinski definition) is 2. The molecule has 0 fully saturated rings. The number of nitrogens with one attached hydrogen (secondary N) is 1. The fourth-order valence-electron chi connectivity index (χ4n) is 3.88. The van der Waals surface area contributed by atoms with Crippen LogP contribution in [-0.4, -0.2) is 34.2 Å². The molecule has 36 heavy (non-hydrogen) atoms. The van der Waals surface area contributed by atoms with Crippen molar-refractivity contribution in [2.24, 2.45) is 0 Å². The number of benzene rings is 1. The quantitative estimate of drug-likeness (QED) is 0.287. The van der Waals surface area contributed by atoms with Crippen LogP contribution in [0.1, 0.15) is 38.1 Å². The molecule has 1 amide bonds. The molecule has 0 atom stereocenters. The summed E-state index contributed by atoms with van der Waals surface area (Å²) in [5.41, 5.74) is 4.80. The number of fused-ring (bicyclic) bond motifs is 1. The van der Waals surface area contributed by atoms with E-state index >= 15 is 0 Å². The van der Waals surface area contributed by atoms with Crippen LogP contribution in [0.4, 0.5) is 37.8 Å². The number of alkyl halides is 6. The van der Waals surface area contributed by atoms with Crippen LogP contribution in [0, 0.1) is 0 Å². The van der Waals surface area contributed by atoms with Crippen molar-refractivity contribution in [3.05, 3.63) is 75.0 Å². The summed E-state index contributed by atoms with van der Waals surface area (Å²) in [6, 6.07) is 6.47. The van der Waals surface area contributed by atoms with Crippen LogP contribution in [0.15, 0.2) is 36.4 Å². The molecule has 14 heteroatoms. The number of carbonyl (C=O) groups excluding carboxylic acids is 1. The average molecular weight is 528 g/mol. The molecule has 3 aromatic rings. The molecule has 4 rings (SSSR count). The number of nitrogens with two attached hydrogens (primary N) is 1. The van der Waals surface area contributed by atoms with Gasteiger partial charge in [-0.25, -0.2) is 0 Å². The molecule has 2 aromatic heterocycles. The van der Waals surface area contributed by atoms with Gasteiger partial charge in [0.2, 0.25) is 0 Å². The van der Waals surface area contributed by atoms with Crippen LogP contribution in [0.5, 0.6) is 0 Å². The third-order valence-corrected chi connectivity index (χ3v) is 5.73. The summed E-state index contributed by atoms with van der Waals surface area (Å²) in [5.74, 6) is -0.416. The Morgan fingerprint density at radius 3 is 2.56 bits per heavy atom. The van der Waals surface area contributed by atoms with Crippen LogP contribution < -0.4 is 11.1 Å². The van der Waals surface area contributed by atoms with Gasteiger partial charge in [-0.05, 0) is 0 Å². The van der Waals surface area contributed by atoms with E-state index in [1.165, 1.54) is 17.0 Å². The van der Waals surface area contributed by atoms with E-state index in [9.17, 15) is 31.1 Å². The zero-order chi connectivity index (χ0) is 26.3. The number of aromatic nitrogens is 2. The van der Waals surface area contributed by atoms with Crippen molar-refractivity contribution in [3.8, 4) is 0 Å². The van der Waals surface area contributed by atoms with Crippen molar-refractivity contribution in [1.82, 2.24) is 14.9 Å². The van der Waals surface area contributed by atoms with Gasteiger partial charge in [0.05, 0.1) is 0 Å². The van der Waals surface area contributed by atoms with Crippen LogP contribution in [0.2, 0.25) is 5.28 Å². The van der Waals surface area contributed by atoms with Gasteiger partial charge in [0.15, 0.2) is 0 Å². The molecule has 1 aromatic carbocycles. The Morgan fingerprint density at radius 1 is 1.11 bits per heavy atom. The van der Waals surface area contributed by atoms with E-state index in [0.29, 0.717) is 11.3 Å². The zero-order valence-electron chi connectivity index (χ0n) is 18.3. The molecule has 0 aliphatic carbocycles. The van der Waals surface area contributed by atoms with Crippen molar-refractivity contribution >= 4 is 35.9 Å². The summed E-state index contributed by atoms with van der Waals surface area (Å²) in [5, 5.41) is 2.82. The van der Waals surface area contributed by atoms with Crippen LogP contribution in [-0.2, 0) is 31.9 Å². The summed E-state index contributed by atoms with van der Waals surface area (Å²) in [6.45, 7) is 0.844. The first kappa shape index (κ1) is 25.7.